The van der Waals surface area contributed by atoms with Crippen LogP contribution in [0.15, 0.2) is 47.4 Å². The Balaban J connectivity index is 1.32. The summed E-state index contributed by atoms with van der Waals surface area (Å²) in [6.45, 7) is -0.210. The minimum Gasteiger partial charge on any atom is -0.495 e. The molecule has 0 amide bonds. The van der Waals surface area contributed by atoms with Gasteiger partial charge in [-0.25, -0.2) is 13.6 Å². The maximum Gasteiger partial charge on any atom is 0.406 e. The molecule has 1 aliphatic heterocycles. The first kappa shape index (κ1) is 31.9. The fourth-order valence-corrected chi connectivity index (χ4v) is 6.56. The predicted molar refractivity (Wildman–Crippen MR) is 161 cm³/mol. The summed E-state index contributed by atoms with van der Waals surface area (Å²) in [5.74, 6) is 5.95. The number of rotatable bonds is 8. The van der Waals surface area contributed by atoms with Crippen LogP contribution in [0.5, 0.6) is 5.75 Å². The molecule has 238 valence electrons. The van der Waals surface area contributed by atoms with Crippen molar-refractivity contribution < 1.29 is 36.5 Å². The van der Waals surface area contributed by atoms with E-state index in [-0.39, 0.29) is 35.0 Å². The van der Waals surface area contributed by atoms with E-state index in [2.05, 4.69) is 27.4 Å². The second-order valence-corrected chi connectivity index (χ2v) is 12.8. The minimum atomic E-state index is -4.46. The fourth-order valence-electron chi connectivity index (χ4n) is 6.03. The molecule has 2 aliphatic rings. The topological polar surface area (TPSA) is 142 Å². The number of nitrogens with one attached hydrogen (secondary N) is 2. The summed E-state index contributed by atoms with van der Waals surface area (Å²) in [5.41, 5.74) is 1.81. The Labute approximate surface area is 254 Å². The zero-order chi connectivity index (χ0) is 31.6. The average Bonchev–Trinajstić information content (AvgIpc) is 3.49. The lowest BCUT2D eigenvalue weighted by Crippen LogP contribution is -2.39. The molecule has 0 spiro atoms. The third-order valence-electron chi connectivity index (χ3n) is 8.23. The van der Waals surface area contributed by atoms with E-state index in [0.29, 0.717) is 29.7 Å². The number of benzene rings is 2. The van der Waals surface area contributed by atoms with Crippen molar-refractivity contribution in [1.82, 2.24) is 9.47 Å². The van der Waals surface area contributed by atoms with Gasteiger partial charge in [0.2, 0.25) is 10.0 Å². The molecule has 6 N–H and O–H groups in total. The Morgan fingerprint density at radius 2 is 1.75 bits per heavy atom. The van der Waals surface area contributed by atoms with Gasteiger partial charge in [0.05, 0.1) is 47.7 Å². The highest BCUT2D eigenvalue weighted by Crippen LogP contribution is 2.33. The molecule has 1 aromatic heterocycles. The van der Waals surface area contributed by atoms with Crippen LogP contribution in [-0.4, -0.2) is 85.3 Å². The van der Waals surface area contributed by atoms with Crippen molar-refractivity contribution in [3.63, 3.8) is 0 Å². The summed E-state index contributed by atoms with van der Waals surface area (Å²) >= 11 is 0. The quantitative estimate of drug-likeness (QED) is 0.238. The number of likely N-dealkylation sites (tertiary alicyclic amines) is 1. The summed E-state index contributed by atoms with van der Waals surface area (Å²) in [6, 6.07) is 11.4. The summed E-state index contributed by atoms with van der Waals surface area (Å²) in [4.78, 5) is 2.02. The Morgan fingerprint density at radius 3 is 2.39 bits per heavy atom. The Hall–Kier alpha value is -3.48. The van der Waals surface area contributed by atoms with E-state index in [0.717, 1.165) is 35.9 Å². The number of ether oxygens (including phenoxy) is 1. The van der Waals surface area contributed by atoms with Gasteiger partial charge in [-0.05, 0) is 61.9 Å². The number of anilines is 2. The van der Waals surface area contributed by atoms with Crippen LogP contribution in [-0.2, 0) is 16.6 Å². The van der Waals surface area contributed by atoms with Crippen LogP contribution in [0.1, 0.15) is 31.4 Å². The van der Waals surface area contributed by atoms with Gasteiger partial charge in [-0.3, -0.25) is 4.90 Å². The van der Waals surface area contributed by atoms with Gasteiger partial charge in [0, 0.05) is 42.3 Å². The van der Waals surface area contributed by atoms with Crippen LogP contribution in [0.3, 0.4) is 0 Å². The number of primary sulfonamides is 1. The number of β-amino-alcohol motifs (C(OH)–C–C–N with tert-alkyl or cyclic N) is 2. The van der Waals surface area contributed by atoms with Crippen molar-refractivity contribution in [3.8, 4) is 17.6 Å². The van der Waals surface area contributed by atoms with E-state index in [1.807, 2.05) is 6.07 Å². The van der Waals surface area contributed by atoms with E-state index in [1.165, 1.54) is 25.3 Å². The predicted octanol–water partition coefficient (Wildman–Crippen LogP) is 3.08. The van der Waals surface area contributed by atoms with Gasteiger partial charge in [-0.15, -0.1) is 0 Å². The normalized spacial score (nSPS) is 22.9. The van der Waals surface area contributed by atoms with Gasteiger partial charge >= 0.3 is 6.18 Å². The van der Waals surface area contributed by atoms with Crippen molar-refractivity contribution in [2.45, 2.75) is 67.6 Å². The SMILES string of the molecule is COc1cc(S(N)(=O)=O)ccc1NCC#Cc1cc2c(N[C@H]3CC[C@@H](N4C[C@@H](O)[C@H](O)C4)CC3)cccc2n1CC(F)(F)F. The first-order valence-corrected chi connectivity index (χ1v) is 15.9. The lowest BCUT2D eigenvalue weighted by atomic mass is 9.90. The molecule has 0 bridgehead atoms. The highest BCUT2D eigenvalue weighted by molar-refractivity contribution is 7.89. The van der Waals surface area contributed by atoms with Gasteiger partial charge < -0.3 is 30.2 Å². The van der Waals surface area contributed by atoms with E-state index in [4.69, 9.17) is 9.88 Å². The minimum absolute atomic E-state index is 0.0536. The third kappa shape index (κ3) is 7.41. The van der Waals surface area contributed by atoms with E-state index < -0.39 is 35.0 Å². The molecule has 10 nitrogen and oxygen atoms in total. The number of fused-ring (bicyclic) bond motifs is 1. The molecule has 1 aliphatic carbocycles. The number of halogens is 3. The molecule has 0 radical (unpaired) electrons. The van der Waals surface area contributed by atoms with Crippen LogP contribution < -0.4 is 20.5 Å². The van der Waals surface area contributed by atoms with E-state index in [9.17, 15) is 31.8 Å². The Kier molecular flexibility index (Phi) is 9.33. The standard InChI is InChI=1S/C30H36F3N5O5S/c1-43-29-15-22(44(34,41)42)11-12-25(29)35-13-3-4-21-14-23-24(5-2-6-26(23)38(21)18-30(31,32)33)36-19-7-9-20(10-8-19)37-16-27(39)28(40)17-37/h2,5-6,11-12,14-15,19-20,27-28,35-36,39-40H,7-10,13,16-18H2,1H3,(H2,34,41,42)/t19-,20+,27-,28-/m1/s1. The molecule has 2 fully saturated rings. The monoisotopic (exact) mass is 635 g/mol. The first-order valence-electron chi connectivity index (χ1n) is 14.3. The van der Waals surface area contributed by atoms with E-state index >= 15 is 0 Å². The molecule has 1 saturated heterocycles. The number of methoxy groups -OCH3 is 1. The second kappa shape index (κ2) is 12.9. The molecule has 1 saturated carbocycles. The maximum atomic E-state index is 13.6. The van der Waals surface area contributed by atoms with Crippen LogP contribution in [0.4, 0.5) is 24.5 Å². The number of alkyl halides is 3. The van der Waals surface area contributed by atoms with Crippen molar-refractivity contribution in [1.29, 1.82) is 0 Å². The molecule has 44 heavy (non-hydrogen) atoms. The van der Waals surface area contributed by atoms with Crippen LogP contribution in [0.25, 0.3) is 10.9 Å². The van der Waals surface area contributed by atoms with Crippen LogP contribution >= 0.6 is 0 Å². The fraction of sp³-hybridized carbons (Fsp3) is 0.467. The smallest absolute Gasteiger partial charge is 0.406 e. The molecule has 2 aromatic carbocycles. The maximum absolute atomic E-state index is 13.6. The number of hydrogen-bond donors (Lipinski definition) is 5. The van der Waals surface area contributed by atoms with Crippen molar-refractivity contribution in [3.05, 3.63) is 48.2 Å². The number of nitrogens with zero attached hydrogens (tertiary/aromatic N) is 2. The highest BCUT2D eigenvalue weighted by atomic mass is 32.2. The molecular formula is C30H36F3N5O5S. The van der Waals surface area contributed by atoms with Crippen LogP contribution in [0, 0.1) is 11.8 Å². The van der Waals surface area contributed by atoms with Crippen molar-refractivity contribution >= 4 is 32.3 Å². The molecule has 5 rings (SSSR count). The van der Waals surface area contributed by atoms with Crippen molar-refractivity contribution in [2.24, 2.45) is 5.14 Å². The van der Waals surface area contributed by atoms with Gasteiger partial charge in [0.15, 0.2) is 0 Å². The lowest BCUT2D eigenvalue weighted by Gasteiger charge is -2.35. The number of aliphatic hydroxyl groups is 2. The van der Waals surface area contributed by atoms with Gasteiger partial charge in [-0.1, -0.05) is 12.0 Å². The Bertz CT molecular complexity index is 1650. The molecule has 3 aromatic rings. The first-order chi connectivity index (χ1) is 20.8. The highest BCUT2D eigenvalue weighted by Gasteiger charge is 2.35. The largest absolute Gasteiger partial charge is 0.495 e. The zero-order valence-electron chi connectivity index (χ0n) is 24.1. The average molecular weight is 636 g/mol. The summed E-state index contributed by atoms with van der Waals surface area (Å²) < 4.78 is 70.5. The summed E-state index contributed by atoms with van der Waals surface area (Å²) in [7, 11) is -2.55. The van der Waals surface area contributed by atoms with Crippen LogP contribution in [0.2, 0.25) is 0 Å². The molecular weight excluding hydrogens is 599 g/mol. The lowest BCUT2D eigenvalue weighted by molar-refractivity contribution is -0.140. The molecule has 14 heteroatoms. The number of sulfonamides is 1. The van der Waals surface area contributed by atoms with Crippen molar-refractivity contribution in [2.75, 3.05) is 37.4 Å². The van der Waals surface area contributed by atoms with Gasteiger partial charge in [0.1, 0.15) is 12.3 Å². The molecule has 2 atom stereocenters. The number of aliphatic hydroxyl groups excluding tert-OH is 2. The van der Waals surface area contributed by atoms with Gasteiger partial charge in [0.25, 0.3) is 0 Å². The Morgan fingerprint density at radius 1 is 1.05 bits per heavy atom. The number of hydrogen-bond acceptors (Lipinski definition) is 8. The number of aromatic nitrogens is 1. The van der Waals surface area contributed by atoms with Gasteiger partial charge in [-0.2, -0.15) is 13.2 Å². The summed E-state index contributed by atoms with van der Waals surface area (Å²) in [6.07, 6.45) is -2.41. The van der Waals surface area contributed by atoms with E-state index in [1.54, 1.807) is 18.2 Å². The zero-order valence-corrected chi connectivity index (χ0v) is 25.0. The number of nitrogens with two attached hydrogens (primary N) is 1. The third-order valence-corrected chi connectivity index (χ3v) is 9.14. The second-order valence-electron chi connectivity index (χ2n) is 11.3. The molecule has 0 unspecified atom stereocenters. The summed E-state index contributed by atoms with van der Waals surface area (Å²) in [5, 5.41) is 32.2. The molecule has 2 heterocycles.